The predicted octanol–water partition coefficient (Wildman–Crippen LogP) is 2.60. The molecule has 19 heavy (non-hydrogen) atoms. The zero-order valence-corrected chi connectivity index (χ0v) is 11.4. The van der Waals surface area contributed by atoms with E-state index in [-0.39, 0.29) is 6.03 Å². The van der Waals surface area contributed by atoms with Gasteiger partial charge < -0.3 is 21.1 Å². The van der Waals surface area contributed by atoms with Gasteiger partial charge in [-0.25, -0.2) is 4.79 Å². The molecule has 0 saturated heterocycles. The molecule has 1 aromatic rings. The van der Waals surface area contributed by atoms with Crippen LogP contribution in [0.25, 0.3) is 0 Å². The molecule has 5 heteroatoms. The van der Waals surface area contributed by atoms with E-state index in [0.29, 0.717) is 24.5 Å². The molecule has 4 N–H and O–H groups in total. The minimum Gasteiger partial charge on any atom is -0.399 e. The Balaban J connectivity index is 2.08. The van der Waals surface area contributed by atoms with Crippen LogP contribution in [-0.4, -0.2) is 25.8 Å². The average Bonchev–Trinajstić information content (AvgIpc) is 2.37. The summed E-state index contributed by atoms with van der Waals surface area (Å²) in [5.41, 5.74) is 6.94. The largest absolute Gasteiger partial charge is 0.399 e. The summed E-state index contributed by atoms with van der Waals surface area (Å²) in [6, 6.07) is 6.86. The number of rotatable bonds is 8. The topological polar surface area (TPSA) is 76.4 Å². The summed E-state index contributed by atoms with van der Waals surface area (Å²) in [5, 5.41) is 5.49. The van der Waals surface area contributed by atoms with Crippen LogP contribution in [0.1, 0.15) is 26.2 Å². The van der Waals surface area contributed by atoms with Crippen LogP contribution in [0.3, 0.4) is 0 Å². The second kappa shape index (κ2) is 9.22. The fourth-order valence-corrected chi connectivity index (χ4v) is 1.52. The Bertz CT molecular complexity index is 383. The summed E-state index contributed by atoms with van der Waals surface area (Å²) in [6.07, 6.45) is 3.04. The van der Waals surface area contributed by atoms with Crippen molar-refractivity contribution in [3.63, 3.8) is 0 Å². The second-order valence-electron chi connectivity index (χ2n) is 4.33. The number of carbonyl (C=O) groups excluding carboxylic acids is 1. The monoisotopic (exact) mass is 265 g/mol. The molecule has 2 amide bonds. The van der Waals surface area contributed by atoms with Gasteiger partial charge in [0.05, 0.1) is 0 Å². The molecule has 0 aliphatic carbocycles. The molecule has 0 aliphatic rings. The van der Waals surface area contributed by atoms with E-state index in [1.165, 1.54) is 0 Å². The maximum absolute atomic E-state index is 11.6. The Kier molecular flexibility index (Phi) is 7.43. The highest BCUT2D eigenvalue weighted by atomic mass is 16.5. The number of benzene rings is 1. The van der Waals surface area contributed by atoms with Crippen molar-refractivity contribution in [2.75, 3.05) is 30.8 Å². The average molecular weight is 265 g/mol. The zero-order valence-electron chi connectivity index (χ0n) is 11.4. The van der Waals surface area contributed by atoms with Crippen LogP contribution in [0.2, 0.25) is 0 Å². The van der Waals surface area contributed by atoms with E-state index >= 15 is 0 Å². The van der Waals surface area contributed by atoms with E-state index in [1.54, 1.807) is 24.3 Å². The number of ether oxygens (including phenoxy) is 1. The molecule has 0 spiro atoms. The Morgan fingerprint density at radius 2 is 2.11 bits per heavy atom. The molecule has 0 saturated carbocycles. The van der Waals surface area contributed by atoms with Gasteiger partial charge in [0, 0.05) is 31.1 Å². The van der Waals surface area contributed by atoms with Crippen LogP contribution >= 0.6 is 0 Å². The second-order valence-corrected chi connectivity index (χ2v) is 4.33. The number of carbonyl (C=O) groups is 1. The van der Waals surface area contributed by atoms with Crippen LogP contribution in [0.15, 0.2) is 24.3 Å². The Morgan fingerprint density at radius 3 is 2.84 bits per heavy atom. The fourth-order valence-electron chi connectivity index (χ4n) is 1.52. The fraction of sp³-hybridized carbons (Fsp3) is 0.500. The summed E-state index contributed by atoms with van der Waals surface area (Å²) in [4.78, 5) is 11.6. The van der Waals surface area contributed by atoms with E-state index in [1.807, 2.05) is 0 Å². The van der Waals surface area contributed by atoms with Crippen molar-refractivity contribution < 1.29 is 9.53 Å². The van der Waals surface area contributed by atoms with Gasteiger partial charge in [-0.2, -0.15) is 0 Å². The lowest BCUT2D eigenvalue weighted by atomic mass is 10.3. The Labute approximate surface area is 114 Å². The molecule has 0 aliphatic heterocycles. The number of nitrogens with two attached hydrogens (primary N) is 1. The number of nitrogens with one attached hydrogen (secondary N) is 2. The maximum Gasteiger partial charge on any atom is 0.319 e. The van der Waals surface area contributed by atoms with Crippen LogP contribution < -0.4 is 16.4 Å². The lowest BCUT2D eigenvalue weighted by Crippen LogP contribution is -2.30. The van der Waals surface area contributed by atoms with Gasteiger partial charge in [0.25, 0.3) is 0 Å². The SMILES string of the molecule is CCCCOCCCNC(=O)Nc1cccc(N)c1. The lowest BCUT2D eigenvalue weighted by molar-refractivity contribution is 0.129. The van der Waals surface area contributed by atoms with Gasteiger partial charge in [-0.1, -0.05) is 19.4 Å². The molecular weight excluding hydrogens is 242 g/mol. The van der Waals surface area contributed by atoms with Gasteiger partial charge in [-0.15, -0.1) is 0 Å². The van der Waals surface area contributed by atoms with E-state index in [9.17, 15) is 4.79 Å². The summed E-state index contributed by atoms with van der Waals surface area (Å²) in [5.74, 6) is 0. The van der Waals surface area contributed by atoms with Crippen molar-refractivity contribution in [1.82, 2.24) is 5.32 Å². The Hall–Kier alpha value is -1.75. The minimum atomic E-state index is -0.223. The first-order valence-electron chi connectivity index (χ1n) is 6.70. The first kappa shape index (κ1) is 15.3. The molecule has 0 radical (unpaired) electrons. The van der Waals surface area contributed by atoms with Crippen molar-refractivity contribution in [3.05, 3.63) is 24.3 Å². The molecule has 5 nitrogen and oxygen atoms in total. The van der Waals surface area contributed by atoms with Gasteiger partial charge in [0.2, 0.25) is 0 Å². The van der Waals surface area contributed by atoms with E-state index in [0.717, 1.165) is 25.9 Å². The normalized spacial score (nSPS) is 10.2. The highest BCUT2D eigenvalue weighted by Crippen LogP contribution is 2.11. The molecule has 106 valence electrons. The van der Waals surface area contributed by atoms with Crippen molar-refractivity contribution in [2.24, 2.45) is 0 Å². The molecule has 1 rings (SSSR count). The van der Waals surface area contributed by atoms with Gasteiger partial charge in [-0.05, 0) is 31.0 Å². The van der Waals surface area contributed by atoms with Gasteiger partial charge in [0.15, 0.2) is 0 Å². The first-order chi connectivity index (χ1) is 9.22. The first-order valence-corrected chi connectivity index (χ1v) is 6.70. The Morgan fingerprint density at radius 1 is 1.32 bits per heavy atom. The van der Waals surface area contributed by atoms with Gasteiger partial charge in [0.1, 0.15) is 0 Å². The lowest BCUT2D eigenvalue weighted by Gasteiger charge is -2.08. The number of hydrogen-bond donors (Lipinski definition) is 3. The van der Waals surface area contributed by atoms with Crippen molar-refractivity contribution in [1.29, 1.82) is 0 Å². The number of unbranched alkanes of at least 4 members (excludes halogenated alkanes) is 1. The molecule has 0 aromatic heterocycles. The van der Waals surface area contributed by atoms with Crippen LogP contribution in [-0.2, 0) is 4.74 Å². The standard InChI is InChI=1S/C14H23N3O2/c1-2-3-9-19-10-5-8-16-14(18)17-13-7-4-6-12(15)11-13/h4,6-7,11H,2-3,5,8-10,15H2,1H3,(H2,16,17,18). The van der Waals surface area contributed by atoms with Gasteiger partial charge in [-0.3, -0.25) is 0 Å². The maximum atomic E-state index is 11.6. The number of urea groups is 1. The highest BCUT2D eigenvalue weighted by molar-refractivity contribution is 5.89. The highest BCUT2D eigenvalue weighted by Gasteiger charge is 2.00. The number of anilines is 2. The van der Waals surface area contributed by atoms with E-state index in [4.69, 9.17) is 10.5 Å². The molecule has 0 fully saturated rings. The third-order valence-electron chi connectivity index (χ3n) is 2.54. The van der Waals surface area contributed by atoms with Crippen molar-refractivity contribution >= 4 is 17.4 Å². The quantitative estimate of drug-likeness (QED) is 0.499. The molecule has 0 bridgehead atoms. The molecule has 1 aromatic carbocycles. The number of nitrogen functional groups attached to an aromatic ring is 1. The molecule has 0 heterocycles. The smallest absolute Gasteiger partial charge is 0.319 e. The summed E-state index contributed by atoms with van der Waals surface area (Å²) < 4.78 is 5.40. The van der Waals surface area contributed by atoms with E-state index in [2.05, 4.69) is 17.6 Å². The number of amides is 2. The van der Waals surface area contributed by atoms with Gasteiger partial charge >= 0.3 is 6.03 Å². The van der Waals surface area contributed by atoms with Crippen LogP contribution in [0, 0.1) is 0 Å². The van der Waals surface area contributed by atoms with Crippen LogP contribution in [0.4, 0.5) is 16.2 Å². The van der Waals surface area contributed by atoms with Crippen LogP contribution in [0.5, 0.6) is 0 Å². The summed E-state index contributed by atoms with van der Waals surface area (Å²) >= 11 is 0. The number of hydrogen-bond acceptors (Lipinski definition) is 3. The van der Waals surface area contributed by atoms with Crippen molar-refractivity contribution in [3.8, 4) is 0 Å². The molecule has 0 atom stereocenters. The third kappa shape index (κ3) is 7.31. The summed E-state index contributed by atoms with van der Waals surface area (Å²) in [7, 11) is 0. The summed E-state index contributed by atoms with van der Waals surface area (Å²) in [6.45, 7) is 4.20. The molecule has 0 unspecified atom stereocenters. The minimum absolute atomic E-state index is 0.223. The van der Waals surface area contributed by atoms with Crippen molar-refractivity contribution in [2.45, 2.75) is 26.2 Å². The molecular formula is C14H23N3O2. The zero-order chi connectivity index (χ0) is 13.9. The van der Waals surface area contributed by atoms with E-state index < -0.39 is 0 Å². The predicted molar refractivity (Wildman–Crippen MR) is 78.2 cm³/mol. The third-order valence-corrected chi connectivity index (χ3v) is 2.54.